The Morgan fingerprint density at radius 1 is 1.25 bits per heavy atom. The zero-order valence-electron chi connectivity index (χ0n) is 8.83. The molecule has 0 aromatic heterocycles. The fourth-order valence-electron chi connectivity index (χ4n) is 1.21. The largest absolute Gasteiger partial charge is 0.342 e. The molecule has 1 aromatic rings. The molecule has 0 aliphatic heterocycles. The molecule has 0 aliphatic rings. The number of benzene rings is 1. The highest BCUT2D eigenvalue weighted by Gasteiger charge is 2.28. The Morgan fingerprint density at radius 3 is 2.38 bits per heavy atom. The Bertz CT molecular complexity index is 386. The van der Waals surface area contributed by atoms with Crippen LogP contribution >= 0.6 is 0 Å². The van der Waals surface area contributed by atoms with Gasteiger partial charge in [-0.25, -0.2) is 8.42 Å². The highest BCUT2D eigenvalue weighted by Crippen LogP contribution is 2.12. The van der Waals surface area contributed by atoms with Crippen LogP contribution < -0.4 is 11.5 Å². The first-order chi connectivity index (χ1) is 7.58. The minimum atomic E-state index is -2.87. The lowest BCUT2D eigenvalue weighted by atomic mass is 10.2. The van der Waals surface area contributed by atoms with Gasteiger partial charge in [-0.1, -0.05) is 30.3 Å². The maximum Gasteiger partial charge on any atom is 0.219 e. The molecule has 1 atom stereocenters. The minimum absolute atomic E-state index is 0.0819. The Kier molecular flexibility index (Phi) is 4.88. The van der Waals surface area contributed by atoms with Gasteiger partial charge < -0.3 is 10.5 Å². The zero-order chi connectivity index (χ0) is 12.0. The summed E-state index contributed by atoms with van der Waals surface area (Å²) in [5.41, 5.74) is 11.8. The molecular formula is C10H16N2O3S. The van der Waals surface area contributed by atoms with Crippen LogP contribution in [0.5, 0.6) is 0 Å². The van der Waals surface area contributed by atoms with Gasteiger partial charge >= 0.3 is 0 Å². The van der Waals surface area contributed by atoms with E-state index in [1.54, 1.807) is 0 Å². The SMILES string of the molecule is NCCC(N)(OCc1ccccc1)[SH](=O)=O. The Labute approximate surface area is 96.3 Å². The topological polar surface area (TPSA) is 95.4 Å². The van der Waals surface area contributed by atoms with Gasteiger partial charge in [-0.15, -0.1) is 0 Å². The molecule has 0 saturated heterocycles. The van der Waals surface area contributed by atoms with Crippen molar-refractivity contribution in [1.29, 1.82) is 0 Å². The van der Waals surface area contributed by atoms with Gasteiger partial charge in [0.15, 0.2) is 10.7 Å². The lowest BCUT2D eigenvalue weighted by molar-refractivity contribution is 0.00833. The van der Waals surface area contributed by atoms with Crippen molar-refractivity contribution in [3.8, 4) is 0 Å². The van der Waals surface area contributed by atoms with Crippen LogP contribution in [-0.4, -0.2) is 20.0 Å². The highest BCUT2D eigenvalue weighted by atomic mass is 32.2. The Morgan fingerprint density at radius 2 is 1.88 bits per heavy atom. The number of hydrogen-bond donors (Lipinski definition) is 3. The van der Waals surface area contributed by atoms with Crippen LogP contribution in [0, 0.1) is 0 Å². The maximum absolute atomic E-state index is 11.0. The molecule has 0 saturated carbocycles. The molecule has 1 aromatic carbocycles. The number of thiol groups is 1. The zero-order valence-corrected chi connectivity index (χ0v) is 9.73. The summed E-state index contributed by atoms with van der Waals surface area (Å²) in [5.74, 6) is 0. The fourth-order valence-corrected chi connectivity index (χ4v) is 1.69. The molecular weight excluding hydrogens is 228 g/mol. The van der Waals surface area contributed by atoms with E-state index in [1.165, 1.54) is 0 Å². The van der Waals surface area contributed by atoms with E-state index in [0.29, 0.717) is 0 Å². The predicted octanol–water partition coefficient (Wildman–Crippen LogP) is -0.224. The molecule has 0 aliphatic carbocycles. The lowest BCUT2D eigenvalue weighted by Crippen LogP contribution is -2.45. The van der Waals surface area contributed by atoms with Crippen molar-refractivity contribution in [3.05, 3.63) is 35.9 Å². The van der Waals surface area contributed by atoms with Crippen LogP contribution in [0.4, 0.5) is 0 Å². The van der Waals surface area contributed by atoms with Gasteiger partial charge in [0.25, 0.3) is 0 Å². The van der Waals surface area contributed by atoms with Gasteiger partial charge in [0, 0.05) is 6.42 Å². The second-order valence-corrected chi connectivity index (χ2v) is 4.69. The van der Waals surface area contributed by atoms with E-state index in [9.17, 15) is 8.42 Å². The van der Waals surface area contributed by atoms with Crippen molar-refractivity contribution >= 4 is 10.7 Å². The van der Waals surface area contributed by atoms with E-state index in [1.807, 2.05) is 30.3 Å². The number of nitrogens with two attached hydrogens (primary N) is 2. The average Bonchev–Trinajstić information content (AvgIpc) is 2.28. The van der Waals surface area contributed by atoms with Crippen molar-refractivity contribution in [2.45, 2.75) is 18.1 Å². The fraction of sp³-hybridized carbons (Fsp3) is 0.400. The van der Waals surface area contributed by atoms with Crippen LogP contribution in [0.15, 0.2) is 30.3 Å². The van der Waals surface area contributed by atoms with Gasteiger partial charge in [0.2, 0.25) is 5.06 Å². The van der Waals surface area contributed by atoms with Gasteiger partial charge in [-0.2, -0.15) is 0 Å². The van der Waals surface area contributed by atoms with E-state index in [0.717, 1.165) is 5.56 Å². The van der Waals surface area contributed by atoms with Crippen molar-refractivity contribution in [2.75, 3.05) is 6.54 Å². The molecule has 4 N–H and O–H groups in total. The van der Waals surface area contributed by atoms with E-state index in [2.05, 4.69) is 0 Å². The molecule has 0 amide bonds. The summed E-state index contributed by atoms with van der Waals surface area (Å²) in [6, 6.07) is 9.22. The summed E-state index contributed by atoms with van der Waals surface area (Å²) in [7, 11) is -2.87. The molecule has 0 bridgehead atoms. The first-order valence-corrected chi connectivity index (χ1v) is 6.07. The first-order valence-electron chi connectivity index (χ1n) is 4.90. The van der Waals surface area contributed by atoms with Crippen LogP contribution in [0.2, 0.25) is 0 Å². The number of rotatable bonds is 6. The average molecular weight is 244 g/mol. The minimum Gasteiger partial charge on any atom is -0.342 e. The third kappa shape index (κ3) is 3.57. The maximum atomic E-state index is 11.0. The number of ether oxygens (including phenoxy) is 1. The summed E-state index contributed by atoms with van der Waals surface area (Å²) in [4.78, 5) is 0. The second-order valence-electron chi connectivity index (χ2n) is 3.41. The van der Waals surface area contributed by atoms with Gasteiger partial charge in [-0.3, -0.25) is 5.73 Å². The summed E-state index contributed by atoms with van der Waals surface area (Å²) in [6.45, 7) is 0.315. The number of hydrogen-bond acceptors (Lipinski definition) is 5. The monoisotopic (exact) mass is 244 g/mol. The molecule has 16 heavy (non-hydrogen) atoms. The quantitative estimate of drug-likeness (QED) is 0.475. The van der Waals surface area contributed by atoms with E-state index >= 15 is 0 Å². The predicted molar refractivity (Wildman–Crippen MR) is 62.1 cm³/mol. The van der Waals surface area contributed by atoms with Crippen molar-refractivity contribution in [2.24, 2.45) is 11.5 Å². The molecule has 0 spiro atoms. The van der Waals surface area contributed by atoms with Gasteiger partial charge in [0.1, 0.15) is 0 Å². The molecule has 5 nitrogen and oxygen atoms in total. The molecule has 1 unspecified atom stereocenters. The normalized spacial score (nSPS) is 14.9. The van der Waals surface area contributed by atoms with E-state index < -0.39 is 15.8 Å². The van der Waals surface area contributed by atoms with Crippen molar-refractivity contribution < 1.29 is 13.2 Å². The molecule has 0 fully saturated rings. The third-order valence-electron chi connectivity index (χ3n) is 2.14. The van der Waals surface area contributed by atoms with Crippen LogP contribution in [0.1, 0.15) is 12.0 Å². The summed E-state index contributed by atoms with van der Waals surface area (Å²) in [5, 5.41) is -1.67. The Hall–Kier alpha value is -0.950. The van der Waals surface area contributed by atoms with Crippen molar-refractivity contribution in [1.82, 2.24) is 0 Å². The van der Waals surface area contributed by atoms with E-state index in [4.69, 9.17) is 16.2 Å². The summed E-state index contributed by atoms with van der Waals surface area (Å²) >= 11 is 0. The smallest absolute Gasteiger partial charge is 0.219 e. The highest BCUT2D eigenvalue weighted by molar-refractivity contribution is 7.73. The molecule has 0 radical (unpaired) electrons. The lowest BCUT2D eigenvalue weighted by Gasteiger charge is -2.22. The molecule has 1 rings (SSSR count). The summed E-state index contributed by atoms with van der Waals surface area (Å²) < 4.78 is 27.1. The van der Waals surface area contributed by atoms with Crippen LogP contribution in [0.3, 0.4) is 0 Å². The van der Waals surface area contributed by atoms with Crippen LogP contribution in [-0.2, 0) is 22.0 Å². The standard InChI is InChI=1S/C10H16N2O3S/c11-7-6-10(12,16(13)14)15-8-9-4-2-1-3-5-9/h1-5,16H,6-8,11-12H2. The second kappa shape index (κ2) is 5.95. The van der Waals surface area contributed by atoms with Crippen molar-refractivity contribution in [3.63, 3.8) is 0 Å². The molecule has 0 heterocycles. The van der Waals surface area contributed by atoms with Gasteiger partial charge in [-0.05, 0) is 12.1 Å². The summed E-state index contributed by atoms with van der Waals surface area (Å²) in [6.07, 6.45) is 0.0819. The molecule has 6 heteroatoms. The first kappa shape index (κ1) is 13.1. The molecule has 90 valence electrons. The van der Waals surface area contributed by atoms with E-state index in [-0.39, 0.29) is 19.6 Å². The Balaban J connectivity index is 2.64. The van der Waals surface area contributed by atoms with Crippen LogP contribution in [0.25, 0.3) is 0 Å². The third-order valence-corrected chi connectivity index (χ3v) is 3.11. The van der Waals surface area contributed by atoms with Gasteiger partial charge in [0.05, 0.1) is 6.61 Å².